The molecule has 1 aromatic heterocycles. The lowest BCUT2D eigenvalue weighted by atomic mass is 10.0. The topological polar surface area (TPSA) is 115 Å². The minimum Gasteiger partial charge on any atom is -0.492 e. The number of para-hydroxylation sites is 1. The molecule has 3 N–H and O–H groups in total. The van der Waals surface area contributed by atoms with E-state index >= 15 is 0 Å². The molecule has 0 saturated carbocycles. The zero-order valence-electron chi connectivity index (χ0n) is 20.4. The number of benzene rings is 3. The maximum Gasteiger partial charge on any atom is 0.244 e. The van der Waals surface area contributed by atoms with Gasteiger partial charge in [-0.15, -0.1) is 0 Å². The average Bonchev–Trinajstić information content (AvgIpc) is 2.90. The van der Waals surface area contributed by atoms with Crippen LogP contribution in [-0.4, -0.2) is 56.4 Å². The van der Waals surface area contributed by atoms with Crippen LogP contribution in [0.4, 0.5) is 0 Å². The summed E-state index contributed by atoms with van der Waals surface area (Å²) in [5.41, 5.74) is 7.67. The number of fused-ring (bicyclic) bond motifs is 1. The number of sulfonamides is 1. The van der Waals surface area contributed by atoms with Crippen molar-refractivity contribution in [2.24, 2.45) is 5.73 Å². The first-order valence-electron chi connectivity index (χ1n) is 12.0. The largest absolute Gasteiger partial charge is 0.492 e. The molecule has 0 aliphatic heterocycles. The van der Waals surface area contributed by atoms with Gasteiger partial charge in [0.25, 0.3) is 0 Å². The number of ether oxygens (including phenoxy) is 1. The van der Waals surface area contributed by atoms with Gasteiger partial charge >= 0.3 is 0 Å². The highest BCUT2D eigenvalue weighted by Crippen LogP contribution is 2.25. The highest BCUT2D eigenvalue weighted by molar-refractivity contribution is 7.89. The van der Waals surface area contributed by atoms with Crippen LogP contribution in [0.25, 0.3) is 10.8 Å². The fourth-order valence-corrected chi connectivity index (χ4v) is 5.70. The number of pyridine rings is 1. The zero-order chi connectivity index (χ0) is 26.1. The number of hydrogen-bond acceptors (Lipinski definition) is 6. The Labute approximate surface area is 224 Å². The van der Waals surface area contributed by atoms with E-state index in [1.807, 2.05) is 42.5 Å². The van der Waals surface area contributed by atoms with Crippen LogP contribution < -0.4 is 15.8 Å². The van der Waals surface area contributed by atoms with Gasteiger partial charge in [0, 0.05) is 49.2 Å². The van der Waals surface area contributed by atoms with E-state index in [1.54, 1.807) is 30.6 Å². The van der Waals surface area contributed by atoms with Crippen molar-refractivity contribution in [3.05, 3.63) is 102 Å². The summed E-state index contributed by atoms with van der Waals surface area (Å²) in [4.78, 5) is 15.8. The third-order valence-electron chi connectivity index (χ3n) is 5.88. The first kappa shape index (κ1) is 28.8. The van der Waals surface area contributed by atoms with Gasteiger partial charge in [0.1, 0.15) is 12.4 Å². The average molecular weight is 535 g/mol. The predicted molar refractivity (Wildman–Crippen MR) is 150 cm³/mol. The van der Waals surface area contributed by atoms with Crippen molar-refractivity contribution in [2.45, 2.75) is 18.7 Å². The Bertz CT molecular complexity index is 1440. The number of hydrogen-bond donors (Lipinski definition) is 2. The molecule has 0 fully saturated rings. The summed E-state index contributed by atoms with van der Waals surface area (Å²) in [5.74, 6) is 0.0976. The van der Waals surface area contributed by atoms with Crippen LogP contribution in [0.15, 0.2) is 96.2 Å². The van der Waals surface area contributed by atoms with E-state index in [4.69, 9.17) is 10.5 Å². The Kier molecular flexibility index (Phi) is 10.3. The van der Waals surface area contributed by atoms with Crippen molar-refractivity contribution in [2.75, 3.05) is 32.8 Å². The van der Waals surface area contributed by atoms with Crippen molar-refractivity contribution in [3.63, 3.8) is 0 Å². The molecule has 0 spiro atoms. The van der Waals surface area contributed by atoms with E-state index in [9.17, 15) is 13.2 Å². The third-order valence-corrected chi connectivity index (χ3v) is 7.78. The number of carbonyl (C=O) groups is 1. The number of nitrogens with zero attached hydrogens (tertiary/aromatic N) is 2. The van der Waals surface area contributed by atoms with E-state index < -0.39 is 22.5 Å². The Balaban J connectivity index is 0.00000400. The lowest BCUT2D eigenvalue weighted by molar-refractivity contribution is -0.118. The number of rotatable bonds is 13. The van der Waals surface area contributed by atoms with Crippen LogP contribution in [0.2, 0.25) is 0 Å². The Morgan fingerprint density at radius 3 is 2.50 bits per heavy atom. The maximum absolute atomic E-state index is 13.4. The van der Waals surface area contributed by atoms with Crippen LogP contribution in [0.3, 0.4) is 0 Å². The summed E-state index contributed by atoms with van der Waals surface area (Å²) in [6.07, 6.45) is 3.92. The normalized spacial score (nSPS) is 11.3. The second kappa shape index (κ2) is 13.7. The first-order chi connectivity index (χ1) is 17.9. The summed E-state index contributed by atoms with van der Waals surface area (Å²) in [5, 5.41) is 4.44. The van der Waals surface area contributed by atoms with Crippen LogP contribution >= 0.6 is 0 Å². The summed E-state index contributed by atoms with van der Waals surface area (Å²) >= 11 is 0. The summed E-state index contributed by atoms with van der Waals surface area (Å²) in [6.45, 7) is 0.912. The SMILES string of the molecule is C.NC(=O)CN(CCNCCOc1ccccc1Cc1ccccc1)S(=O)(=O)c1cccc2cnccc12. The van der Waals surface area contributed by atoms with Gasteiger partial charge in [-0.25, -0.2) is 8.42 Å². The molecule has 4 rings (SSSR count). The Hall–Kier alpha value is -3.79. The van der Waals surface area contributed by atoms with E-state index in [2.05, 4.69) is 22.4 Å². The number of nitrogens with two attached hydrogens (primary N) is 1. The van der Waals surface area contributed by atoms with E-state index in [0.29, 0.717) is 30.5 Å². The monoisotopic (exact) mass is 534 g/mol. The third kappa shape index (κ3) is 7.38. The molecule has 38 heavy (non-hydrogen) atoms. The molecule has 0 atom stereocenters. The molecule has 8 nitrogen and oxygen atoms in total. The summed E-state index contributed by atoms with van der Waals surface area (Å²) < 4.78 is 33.9. The second-order valence-corrected chi connectivity index (χ2v) is 10.4. The van der Waals surface area contributed by atoms with Crippen LogP contribution in [-0.2, 0) is 21.2 Å². The molecule has 200 valence electrons. The van der Waals surface area contributed by atoms with Crippen molar-refractivity contribution < 1.29 is 17.9 Å². The van der Waals surface area contributed by atoms with Crippen molar-refractivity contribution in [3.8, 4) is 5.75 Å². The maximum atomic E-state index is 13.4. The predicted octanol–water partition coefficient (Wildman–Crippen LogP) is 3.61. The molecule has 0 unspecified atom stereocenters. The second-order valence-electron chi connectivity index (χ2n) is 8.53. The van der Waals surface area contributed by atoms with Crippen LogP contribution in [0.5, 0.6) is 5.75 Å². The molecule has 4 aromatic rings. The van der Waals surface area contributed by atoms with Gasteiger partial charge in [-0.3, -0.25) is 9.78 Å². The smallest absolute Gasteiger partial charge is 0.244 e. The number of aromatic nitrogens is 1. The highest BCUT2D eigenvalue weighted by Gasteiger charge is 2.27. The molecule has 1 amide bonds. The van der Waals surface area contributed by atoms with Gasteiger partial charge in [-0.05, 0) is 29.3 Å². The summed E-state index contributed by atoms with van der Waals surface area (Å²) in [6, 6.07) is 24.7. The number of amides is 1. The minimum absolute atomic E-state index is 0. The van der Waals surface area contributed by atoms with Gasteiger partial charge in [-0.2, -0.15) is 4.31 Å². The molecule has 0 saturated heterocycles. The number of primary amides is 1. The lowest BCUT2D eigenvalue weighted by Gasteiger charge is -2.22. The zero-order valence-corrected chi connectivity index (χ0v) is 21.2. The quantitative estimate of drug-likeness (QED) is 0.253. The van der Waals surface area contributed by atoms with Gasteiger partial charge in [-0.1, -0.05) is 68.1 Å². The fourth-order valence-electron chi connectivity index (χ4n) is 4.08. The Morgan fingerprint density at radius 1 is 0.947 bits per heavy atom. The summed E-state index contributed by atoms with van der Waals surface area (Å²) in [7, 11) is -3.96. The molecule has 0 radical (unpaired) electrons. The number of carbonyl (C=O) groups excluding carboxylic acids is 1. The van der Waals surface area contributed by atoms with E-state index in [0.717, 1.165) is 22.0 Å². The van der Waals surface area contributed by atoms with E-state index in [1.165, 1.54) is 11.6 Å². The lowest BCUT2D eigenvalue weighted by Crippen LogP contribution is -2.42. The van der Waals surface area contributed by atoms with Crippen molar-refractivity contribution in [1.29, 1.82) is 0 Å². The standard InChI is InChI=1S/C28H30N4O4S.CH4/c29-28(33)21-32(37(34,35)27-12-6-10-24-20-31-14-13-25(24)27)17-15-30-16-18-36-26-11-5-4-9-23(26)19-22-7-2-1-3-8-22;/h1-14,20,30H,15-19,21H2,(H2,29,33);1H4. The van der Waals surface area contributed by atoms with Crippen molar-refractivity contribution >= 4 is 26.7 Å². The molecule has 0 bridgehead atoms. The Morgan fingerprint density at radius 2 is 1.71 bits per heavy atom. The van der Waals surface area contributed by atoms with Gasteiger partial charge in [0.2, 0.25) is 15.9 Å². The van der Waals surface area contributed by atoms with E-state index in [-0.39, 0.29) is 18.9 Å². The molecule has 9 heteroatoms. The van der Waals surface area contributed by atoms with Crippen LogP contribution in [0, 0.1) is 0 Å². The molecule has 1 heterocycles. The molecule has 0 aliphatic rings. The van der Waals surface area contributed by atoms with Crippen molar-refractivity contribution in [1.82, 2.24) is 14.6 Å². The fraction of sp³-hybridized carbons (Fsp3) is 0.241. The highest BCUT2D eigenvalue weighted by atomic mass is 32.2. The number of nitrogens with one attached hydrogen (secondary N) is 1. The van der Waals surface area contributed by atoms with Gasteiger partial charge in [0.15, 0.2) is 0 Å². The molecule has 3 aromatic carbocycles. The molecular weight excluding hydrogens is 500 g/mol. The van der Waals surface area contributed by atoms with Gasteiger partial charge < -0.3 is 15.8 Å². The minimum atomic E-state index is -3.96. The first-order valence-corrected chi connectivity index (χ1v) is 13.5. The van der Waals surface area contributed by atoms with Gasteiger partial charge in [0.05, 0.1) is 11.4 Å². The van der Waals surface area contributed by atoms with Crippen LogP contribution in [0.1, 0.15) is 18.6 Å². The molecular formula is C29H34N4O4S. The molecule has 0 aliphatic carbocycles.